The second kappa shape index (κ2) is 8.95. The van der Waals surface area contributed by atoms with E-state index in [1.807, 2.05) is 24.3 Å². The molecule has 26 heavy (non-hydrogen) atoms. The SMILES string of the molecule is O=C(NCC(c1cccc(Cl)c1)N1CCOCC1)c1ccc(Br)c(F)c1. The fraction of sp³-hybridized carbons (Fsp3) is 0.316. The number of halogens is 3. The van der Waals surface area contributed by atoms with Gasteiger partial charge in [-0.1, -0.05) is 23.7 Å². The van der Waals surface area contributed by atoms with Crippen LogP contribution < -0.4 is 5.32 Å². The summed E-state index contributed by atoms with van der Waals surface area (Å²) >= 11 is 9.23. The normalized spacial score (nSPS) is 16.3. The molecule has 3 rings (SSSR count). The van der Waals surface area contributed by atoms with Crippen LogP contribution in [-0.4, -0.2) is 43.7 Å². The highest BCUT2D eigenvalue weighted by atomic mass is 79.9. The number of rotatable bonds is 5. The van der Waals surface area contributed by atoms with Crippen LogP contribution in [0.3, 0.4) is 0 Å². The van der Waals surface area contributed by atoms with Gasteiger partial charge in [0.25, 0.3) is 5.91 Å². The number of nitrogens with one attached hydrogen (secondary N) is 1. The maximum atomic E-state index is 13.7. The molecule has 138 valence electrons. The Morgan fingerprint density at radius 3 is 2.73 bits per heavy atom. The molecule has 1 aliphatic heterocycles. The van der Waals surface area contributed by atoms with Crippen molar-refractivity contribution in [2.75, 3.05) is 32.8 Å². The van der Waals surface area contributed by atoms with Gasteiger partial charge in [0, 0.05) is 30.2 Å². The van der Waals surface area contributed by atoms with Crippen molar-refractivity contribution in [1.82, 2.24) is 10.2 Å². The monoisotopic (exact) mass is 440 g/mol. The van der Waals surface area contributed by atoms with Crippen molar-refractivity contribution in [1.29, 1.82) is 0 Å². The van der Waals surface area contributed by atoms with Crippen LogP contribution in [0.4, 0.5) is 4.39 Å². The van der Waals surface area contributed by atoms with Gasteiger partial charge in [0.1, 0.15) is 5.82 Å². The van der Waals surface area contributed by atoms with Gasteiger partial charge in [-0.05, 0) is 51.8 Å². The topological polar surface area (TPSA) is 41.6 Å². The number of amides is 1. The van der Waals surface area contributed by atoms with Crippen LogP contribution in [-0.2, 0) is 4.74 Å². The van der Waals surface area contributed by atoms with E-state index < -0.39 is 5.82 Å². The molecule has 0 saturated carbocycles. The average Bonchev–Trinajstić information content (AvgIpc) is 2.65. The first-order chi connectivity index (χ1) is 12.5. The molecule has 1 heterocycles. The summed E-state index contributed by atoms with van der Waals surface area (Å²) in [5, 5.41) is 3.57. The Morgan fingerprint density at radius 2 is 2.04 bits per heavy atom. The van der Waals surface area contributed by atoms with E-state index >= 15 is 0 Å². The van der Waals surface area contributed by atoms with E-state index in [1.54, 1.807) is 6.07 Å². The first kappa shape index (κ1) is 19.3. The third-order valence-corrected chi connectivity index (χ3v) is 5.24. The minimum Gasteiger partial charge on any atom is -0.379 e. The summed E-state index contributed by atoms with van der Waals surface area (Å²) in [5.74, 6) is -0.770. The molecule has 1 fully saturated rings. The number of morpholine rings is 1. The molecular weight excluding hydrogens is 423 g/mol. The number of ether oxygens (including phenoxy) is 1. The quantitative estimate of drug-likeness (QED) is 0.761. The second-order valence-electron chi connectivity index (χ2n) is 6.06. The highest BCUT2D eigenvalue weighted by Crippen LogP contribution is 2.24. The van der Waals surface area contributed by atoms with Crippen molar-refractivity contribution >= 4 is 33.4 Å². The maximum absolute atomic E-state index is 13.7. The lowest BCUT2D eigenvalue weighted by Gasteiger charge is -2.35. The Bertz CT molecular complexity index is 784. The van der Waals surface area contributed by atoms with Crippen LogP contribution in [0.5, 0.6) is 0 Å². The summed E-state index contributed by atoms with van der Waals surface area (Å²) in [5.41, 5.74) is 1.32. The summed E-state index contributed by atoms with van der Waals surface area (Å²) in [7, 11) is 0. The lowest BCUT2D eigenvalue weighted by atomic mass is 10.0. The molecule has 0 aliphatic carbocycles. The van der Waals surface area contributed by atoms with Crippen LogP contribution in [0.2, 0.25) is 5.02 Å². The van der Waals surface area contributed by atoms with E-state index in [2.05, 4.69) is 26.1 Å². The Morgan fingerprint density at radius 1 is 1.27 bits per heavy atom. The summed E-state index contributed by atoms with van der Waals surface area (Å²) in [4.78, 5) is 14.7. The number of nitrogens with zero attached hydrogens (tertiary/aromatic N) is 1. The summed E-state index contributed by atoms with van der Waals surface area (Å²) in [6, 6.07) is 11.9. The average molecular weight is 442 g/mol. The van der Waals surface area contributed by atoms with Crippen LogP contribution in [0, 0.1) is 5.82 Å². The van der Waals surface area contributed by atoms with E-state index in [9.17, 15) is 9.18 Å². The number of hydrogen-bond donors (Lipinski definition) is 1. The molecule has 2 aromatic carbocycles. The minimum absolute atomic E-state index is 0.0261. The van der Waals surface area contributed by atoms with Crippen molar-refractivity contribution < 1.29 is 13.9 Å². The van der Waals surface area contributed by atoms with Crippen molar-refractivity contribution in [2.24, 2.45) is 0 Å². The fourth-order valence-corrected chi connectivity index (χ4v) is 3.43. The molecule has 0 aromatic heterocycles. The van der Waals surface area contributed by atoms with Gasteiger partial charge in [0.2, 0.25) is 0 Å². The lowest BCUT2D eigenvalue weighted by molar-refractivity contribution is 0.0162. The zero-order valence-electron chi connectivity index (χ0n) is 14.1. The highest BCUT2D eigenvalue weighted by Gasteiger charge is 2.23. The van der Waals surface area contributed by atoms with E-state index in [4.69, 9.17) is 16.3 Å². The summed E-state index contributed by atoms with van der Waals surface area (Å²) < 4.78 is 19.4. The first-order valence-electron chi connectivity index (χ1n) is 8.35. The molecule has 1 atom stereocenters. The maximum Gasteiger partial charge on any atom is 0.251 e. The first-order valence-corrected chi connectivity index (χ1v) is 9.52. The molecular formula is C19H19BrClFN2O2. The zero-order chi connectivity index (χ0) is 18.5. The van der Waals surface area contributed by atoms with E-state index in [-0.39, 0.29) is 17.5 Å². The predicted molar refractivity (Wildman–Crippen MR) is 103 cm³/mol. The van der Waals surface area contributed by atoms with Gasteiger partial charge in [-0.3, -0.25) is 9.69 Å². The number of carbonyl (C=O) groups is 1. The van der Waals surface area contributed by atoms with Crippen molar-refractivity contribution in [3.8, 4) is 0 Å². The van der Waals surface area contributed by atoms with Gasteiger partial charge in [-0.25, -0.2) is 4.39 Å². The Balaban J connectivity index is 1.74. The summed E-state index contributed by atoms with van der Waals surface area (Å²) in [6.45, 7) is 3.27. The molecule has 1 N–H and O–H groups in total. The summed E-state index contributed by atoms with van der Waals surface area (Å²) in [6.07, 6.45) is 0. The molecule has 1 amide bonds. The van der Waals surface area contributed by atoms with Crippen LogP contribution in [0.1, 0.15) is 22.0 Å². The van der Waals surface area contributed by atoms with Gasteiger partial charge < -0.3 is 10.1 Å². The number of hydrogen-bond acceptors (Lipinski definition) is 3. The Kier molecular flexibility index (Phi) is 6.64. The Labute approximate surface area is 165 Å². The second-order valence-corrected chi connectivity index (χ2v) is 7.35. The molecule has 7 heteroatoms. The standard InChI is InChI=1S/C19H19BrClFN2O2/c20-16-5-4-14(11-17(16)22)19(25)23-12-18(24-6-8-26-9-7-24)13-2-1-3-15(21)10-13/h1-5,10-11,18H,6-9,12H2,(H,23,25). The van der Waals surface area contributed by atoms with Crippen LogP contribution in [0.15, 0.2) is 46.9 Å². The van der Waals surface area contributed by atoms with E-state index in [0.29, 0.717) is 29.3 Å². The third kappa shape index (κ3) is 4.82. The molecule has 4 nitrogen and oxygen atoms in total. The molecule has 0 spiro atoms. The smallest absolute Gasteiger partial charge is 0.251 e. The molecule has 0 bridgehead atoms. The van der Waals surface area contributed by atoms with E-state index in [1.165, 1.54) is 12.1 Å². The number of carbonyl (C=O) groups excluding carboxylic acids is 1. The third-order valence-electron chi connectivity index (χ3n) is 4.36. The molecule has 1 unspecified atom stereocenters. The van der Waals surface area contributed by atoms with Gasteiger partial charge in [-0.2, -0.15) is 0 Å². The van der Waals surface area contributed by atoms with Gasteiger partial charge in [-0.15, -0.1) is 0 Å². The van der Waals surface area contributed by atoms with E-state index in [0.717, 1.165) is 18.7 Å². The molecule has 1 saturated heterocycles. The number of benzene rings is 2. The molecule has 2 aromatic rings. The van der Waals surface area contributed by atoms with Gasteiger partial charge in [0.15, 0.2) is 0 Å². The predicted octanol–water partition coefficient (Wildman–Crippen LogP) is 4.04. The zero-order valence-corrected chi connectivity index (χ0v) is 16.4. The Hall–Kier alpha value is -1.47. The lowest BCUT2D eigenvalue weighted by Crippen LogP contribution is -2.43. The molecule has 1 aliphatic rings. The largest absolute Gasteiger partial charge is 0.379 e. The highest BCUT2D eigenvalue weighted by molar-refractivity contribution is 9.10. The van der Waals surface area contributed by atoms with Crippen molar-refractivity contribution in [3.05, 3.63) is 68.9 Å². The van der Waals surface area contributed by atoms with Crippen LogP contribution >= 0.6 is 27.5 Å². The van der Waals surface area contributed by atoms with Gasteiger partial charge >= 0.3 is 0 Å². The minimum atomic E-state index is -0.461. The van der Waals surface area contributed by atoms with Crippen molar-refractivity contribution in [3.63, 3.8) is 0 Å². The fourth-order valence-electron chi connectivity index (χ4n) is 2.99. The van der Waals surface area contributed by atoms with Crippen LogP contribution in [0.25, 0.3) is 0 Å². The molecule has 0 radical (unpaired) electrons. The van der Waals surface area contributed by atoms with Gasteiger partial charge in [0.05, 0.1) is 23.7 Å². The van der Waals surface area contributed by atoms with Crippen molar-refractivity contribution in [2.45, 2.75) is 6.04 Å².